The highest BCUT2D eigenvalue weighted by Gasteiger charge is 2.61. The summed E-state index contributed by atoms with van der Waals surface area (Å²) in [6.45, 7) is 7.83. The van der Waals surface area contributed by atoms with Crippen LogP contribution in [0.1, 0.15) is 49.9 Å². The van der Waals surface area contributed by atoms with Gasteiger partial charge in [-0.15, -0.1) is 0 Å². The molecule has 4 nitrogen and oxygen atoms in total. The standard InChI is InChI=1S/C24H29F3N2O2/c1-15(14-29(28)9-10-30)18-11-16(13-22(2,3)4)12-20-21(18)17-7-5-6-8-19(17)23(20,31)24(25,26)27/h5-8,11-12,14,30-31H,9-10,13,28H2,1-4H3/b15-14+. The van der Waals surface area contributed by atoms with E-state index < -0.39 is 11.8 Å². The number of fused-ring (bicyclic) bond motifs is 3. The Hall–Kier alpha value is -2.35. The molecule has 0 fully saturated rings. The highest BCUT2D eigenvalue weighted by atomic mass is 19.4. The first-order valence-corrected chi connectivity index (χ1v) is 10.2. The molecule has 0 saturated heterocycles. The van der Waals surface area contributed by atoms with Crippen LogP contribution in [-0.4, -0.2) is 34.5 Å². The van der Waals surface area contributed by atoms with Crippen molar-refractivity contribution in [2.45, 2.75) is 45.9 Å². The van der Waals surface area contributed by atoms with Gasteiger partial charge in [0, 0.05) is 17.3 Å². The monoisotopic (exact) mass is 434 g/mol. The van der Waals surface area contributed by atoms with Crippen LogP contribution in [0.3, 0.4) is 0 Å². The van der Waals surface area contributed by atoms with E-state index in [1.54, 1.807) is 25.3 Å². The fraction of sp³-hybridized carbons (Fsp3) is 0.417. The number of halogens is 3. The molecular weight excluding hydrogens is 405 g/mol. The van der Waals surface area contributed by atoms with Crippen LogP contribution in [0, 0.1) is 5.41 Å². The molecule has 31 heavy (non-hydrogen) atoms. The van der Waals surface area contributed by atoms with E-state index in [0.29, 0.717) is 34.2 Å². The summed E-state index contributed by atoms with van der Waals surface area (Å²) in [5.41, 5.74) is -0.933. The average Bonchev–Trinajstić information content (AvgIpc) is 2.90. The Morgan fingerprint density at radius 2 is 1.77 bits per heavy atom. The van der Waals surface area contributed by atoms with Crippen LogP contribution in [0.25, 0.3) is 16.7 Å². The SMILES string of the molecule is C/C(=C\N(N)CCO)c1cc(CC(C)(C)C)cc2c1-c1ccccc1C2(O)C(F)(F)F. The molecular formula is C24H29F3N2O2. The van der Waals surface area contributed by atoms with Gasteiger partial charge in [-0.25, -0.2) is 5.84 Å². The number of nitrogens with zero attached hydrogens (tertiary/aromatic N) is 1. The molecule has 0 spiro atoms. The number of alkyl halides is 3. The van der Waals surface area contributed by atoms with Crippen molar-refractivity contribution < 1.29 is 23.4 Å². The number of hydrogen-bond donors (Lipinski definition) is 3. The Kier molecular flexibility index (Phi) is 5.99. The van der Waals surface area contributed by atoms with Crippen molar-refractivity contribution in [3.63, 3.8) is 0 Å². The lowest BCUT2D eigenvalue weighted by Gasteiger charge is -2.29. The minimum atomic E-state index is -4.89. The second-order valence-corrected chi connectivity index (χ2v) is 9.33. The van der Waals surface area contributed by atoms with E-state index in [0.717, 1.165) is 0 Å². The van der Waals surface area contributed by atoms with E-state index in [9.17, 15) is 18.3 Å². The Morgan fingerprint density at radius 3 is 2.35 bits per heavy atom. The maximum atomic E-state index is 14.3. The molecule has 168 valence electrons. The molecule has 1 unspecified atom stereocenters. The second-order valence-electron chi connectivity index (χ2n) is 9.33. The molecule has 0 heterocycles. The van der Waals surface area contributed by atoms with Crippen LogP contribution in [0.4, 0.5) is 13.2 Å². The Morgan fingerprint density at radius 1 is 1.13 bits per heavy atom. The van der Waals surface area contributed by atoms with E-state index in [2.05, 4.69) is 0 Å². The van der Waals surface area contributed by atoms with Gasteiger partial charge in [-0.05, 0) is 46.6 Å². The summed E-state index contributed by atoms with van der Waals surface area (Å²) in [5.74, 6) is 5.89. The molecule has 7 heteroatoms. The maximum Gasteiger partial charge on any atom is 0.425 e. The lowest BCUT2D eigenvalue weighted by Crippen LogP contribution is -2.41. The number of hydrogen-bond acceptors (Lipinski definition) is 4. The van der Waals surface area contributed by atoms with Crippen LogP contribution in [0.15, 0.2) is 42.6 Å². The van der Waals surface area contributed by atoms with E-state index in [-0.39, 0.29) is 29.7 Å². The topological polar surface area (TPSA) is 69.7 Å². The number of rotatable bonds is 5. The molecule has 0 radical (unpaired) electrons. The molecule has 2 aromatic carbocycles. The van der Waals surface area contributed by atoms with Crippen LogP contribution in [0.2, 0.25) is 0 Å². The number of aliphatic hydroxyl groups is 2. The lowest BCUT2D eigenvalue weighted by atomic mass is 9.82. The van der Waals surface area contributed by atoms with Gasteiger partial charge >= 0.3 is 6.18 Å². The predicted octanol–water partition coefficient (Wildman–Crippen LogP) is 4.58. The average molecular weight is 435 g/mol. The fourth-order valence-electron chi connectivity index (χ4n) is 4.27. The number of aliphatic hydroxyl groups excluding tert-OH is 1. The van der Waals surface area contributed by atoms with Crippen molar-refractivity contribution in [1.82, 2.24) is 5.01 Å². The van der Waals surface area contributed by atoms with Gasteiger partial charge in [-0.1, -0.05) is 57.2 Å². The highest BCUT2D eigenvalue weighted by Crippen LogP contribution is 2.57. The molecule has 1 atom stereocenters. The second kappa shape index (κ2) is 7.97. The van der Waals surface area contributed by atoms with Gasteiger partial charge in [0.05, 0.1) is 13.2 Å². The molecule has 3 rings (SSSR count). The molecule has 0 aromatic heterocycles. The van der Waals surface area contributed by atoms with Crippen LogP contribution >= 0.6 is 0 Å². The fourth-order valence-corrected chi connectivity index (χ4v) is 4.27. The normalized spacial score (nSPS) is 18.7. The first-order valence-electron chi connectivity index (χ1n) is 10.2. The molecule has 1 aliphatic carbocycles. The van der Waals surface area contributed by atoms with Gasteiger partial charge in [0.2, 0.25) is 5.60 Å². The van der Waals surface area contributed by atoms with Gasteiger partial charge in [0.15, 0.2) is 0 Å². The van der Waals surface area contributed by atoms with E-state index in [4.69, 9.17) is 10.9 Å². The van der Waals surface area contributed by atoms with Gasteiger partial charge in [-0.2, -0.15) is 13.2 Å². The van der Waals surface area contributed by atoms with Gasteiger partial charge in [-0.3, -0.25) is 0 Å². The largest absolute Gasteiger partial charge is 0.425 e. The summed E-state index contributed by atoms with van der Waals surface area (Å²) in [6, 6.07) is 9.46. The van der Waals surface area contributed by atoms with Crippen molar-refractivity contribution in [3.05, 3.63) is 64.9 Å². The quantitative estimate of drug-likeness (QED) is 0.476. The Labute approximate surface area is 180 Å². The van der Waals surface area contributed by atoms with Gasteiger partial charge in [0.1, 0.15) is 0 Å². The number of benzene rings is 2. The third-order valence-electron chi connectivity index (χ3n) is 5.46. The number of allylic oxidation sites excluding steroid dienone is 1. The minimum absolute atomic E-state index is 0.154. The van der Waals surface area contributed by atoms with Crippen LogP contribution in [-0.2, 0) is 12.0 Å². The molecule has 4 N–H and O–H groups in total. The summed E-state index contributed by atoms with van der Waals surface area (Å²) in [7, 11) is 0. The summed E-state index contributed by atoms with van der Waals surface area (Å²) >= 11 is 0. The smallest absolute Gasteiger partial charge is 0.394 e. The Bertz CT molecular complexity index is 1010. The van der Waals surface area contributed by atoms with Crippen LogP contribution < -0.4 is 5.84 Å². The first-order chi connectivity index (χ1) is 14.3. The molecule has 0 saturated carbocycles. The van der Waals surface area contributed by atoms with Crippen molar-refractivity contribution in [2.24, 2.45) is 11.3 Å². The first kappa shape index (κ1) is 23.3. The van der Waals surface area contributed by atoms with Crippen molar-refractivity contribution in [3.8, 4) is 11.1 Å². The summed E-state index contributed by atoms with van der Waals surface area (Å²) in [5, 5.41) is 21.5. The number of nitrogens with two attached hydrogens (primary N) is 1. The Balaban J connectivity index is 2.35. The summed E-state index contributed by atoms with van der Waals surface area (Å²) in [4.78, 5) is 0. The summed E-state index contributed by atoms with van der Waals surface area (Å²) < 4.78 is 42.9. The summed E-state index contributed by atoms with van der Waals surface area (Å²) in [6.07, 6.45) is -2.76. The van der Waals surface area contributed by atoms with E-state index in [1.165, 1.54) is 23.2 Å². The molecule has 1 aliphatic rings. The van der Waals surface area contributed by atoms with Crippen molar-refractivity contribution in [2.75, 3.05) is 13.2 Å². The van der Waals surface area contributed by atoms with E-state index >= 15 is 0 Å². The van der Waals surface area contributed by atoms with Crippen molar-refractivity contribution >= 4 is 5.57 Å². The zero-order chi connectivity index (χ0) is 23.2. The predicted molar refractivity (Wildman–Crippen MR) is 116 cm³/mol. The molecule has 2 aromatic rings. The lowest BCUT2D eigenvalue weighted by molar-refractivity contribution is -0.246. The van der Waals surface area contributed by atoms with Crippen LogP contribution in [0.5, 0.6) is 0 Å². The minimum Gasteiger partial charge on any atom is -0.394 e. The molecule has 0 amide bonds. The third kappa shape index (κ3) is 4.22. The zero-order valence-electron chi connectivity index (χ0n) is 18.2. The van der Waals surface area contributed by atoms with Gasteiger partial charge in [0.25, 0.3) is 0 Å². The molecule has 0 bridgehead atoms. The third-order valence-corrected chi connectivity index (χ3v) is 5.46. The number of hydrazine groups is 1. The van der Waals surface area contributed by atoms with Gasteiger partial charge < -0.3 is 15.2 Å². The van der Waals surface area contributed by atoms with E-state index in [1.807, 2.05) is 26.8 Å². The van der Waals surface area contributed by atoms with Crippen molar-refractivity contribution in [1.29, 1.82) is 0 Å². The molecule has 0 aliphatic heterocycles. The highest BCUT2D eigenvalue weighted by molar-refractivity contribution is 5.90. The zero-order valence-corrected chi connectivity index (χ0v) is 18.2. The maximum absolute atomic E-state index is 14.3.